The summed E-state index contributed by atoms with van der Waals surface area (Å²) in [5.74, 6) is 1.76. The van der Waals surface area contributed by atoms with Crippen LogP contribution in [0.25, 0.3) is 72.3 Å². The Labute approximate surface area is 398 Å². The van der Waals surface area contributed by atoms with Gasteiger partial charge in [-0.05, 0) is 105 Å². The van der Waals surface area contributed by atoms with Crippen LogP contribution in [0.1, 0.15) is 58.2 Å². The highest BCUT2D eigenvalue weighted by Gasteiger charge is 2.33. The molecule has 0 saturated heterocycles. The van der Waals surface area contributed by atoms with E-state index in [9.17, 15) is 2.74 Å². The number of ether oxygens (including phenoxy) is 1. The highest BCUT2D eigenvalue weighted by molar-refractivity contribution is 6.09. The fourth-order valence-corrected chi connectivity index (χ4v) is 9.92. The molecule has 12 rings (SSSR count). The van der Waals surface area contributed by atoms with Crippen LogP contribution < -0.4 is 14.5 Å². The molecule has 0 N–H and O–H groups in total. The van der Waals surface area contributed by atoms with E-state index in [-0.39, 0.29) is 35.0 Å². The van der Waals surface area contributed by atoms with Crippen LogP contribution in [-0.2, 0) is 10.8 Å². The summed E-state index contributed by atoms with van der Waals surface area (Å²) in [6, 6.07) is 58.9. The first-order chi connectivity index (χ1) is 34.1. The van der Waals surface area contributed by atoms with Gasteiger partial charge in [-0.25, -0.2) is 4.98 Å². The van der Waals surface area contributed by atoms with Gasteiger partial charge in [0.15, 0.2) is 0 Å². The number of hydrogen-bond donors (Lipinski definition) is 0. The number of para-hydroxylation sites is 4. The van der Waals surface area contributed by atoms with Crippen LogP contribution in [0, 0.1) is 0 Å². The summed E-state index contributed by atoms with van der Waals surface area (Å²) >= 11 is 0. The molecule has 67 heavy (non-hydrogen) atoms. The Morgan fingerprint density at radius 3 is 1.96 bits per heavy atom. The lowest BCUT2D eigenvalue weighted by atomic mass is 9.86. The molecule has 4 heterocycles. The third-order valence-electron chi connectivity index (χ3n) is 13.4. The predicted molar refractivity (Wildman–Crippen MR) is 280 cm³/mol. The van der Waals surface area contributed by atoms with Crippen LogP contribution in [0.15, 0.2) is 194 Å². The highest BCUT2D eigenvalue weighted by Crippen LogP contribution is 2.52. The van der Waals surface area contributed by atoms with Gasteiger partial charge in [0.25, 0.3) is 0 Å². The van der Waals surface area contributed by atoms with Crippen molar-refractivity contribution in [2.24, 2.45) is 0 Å². The van der Waals surface area contributed by atoms with E-state index in [1.165, 1.54) is 0 Å². The fourth-order valence-electron chi connectivity index (χ4n) is 9.92. The largest absolute Gasteiger partial charge is 0.457 e. The number of aromatic nitrogens is 2. The average Bonchev–Trinajstić information content (AvgIpc) is 3.93. The Balaban J connectivity index is 1.20. The Morgan fingerprint density at radius 2 is 1.15 bits per heavy atom. The maximum Gasteiger partial charge on any atom is 0.138 e. The van der Waals surface area contributed by atoms with Crippen molar-refractivity contribution in [1.29, 1.82) is 0 Å². The van der Waals surface area contributed by atoms with Gasteiger partial charge in [0.1, 0.15) is 24.0 Å². The van der Waals surface area contributed by atoms with Crippen molar-refractivity contribution >= 4 is 44.6 Å². The van der Waals surface area contributed by atoms with Crippen molar-refractivity contribution < 1.29 is 10.2 Å². The SMILES string of the molecule is [2H]c1c([2H])c([2H])c2c(c1[2H])c1ccc3cc1n2-c1cc(C(C)(C)C)cc(n1)-c1cccc(c1)-c1ccccc1-c1cccc(-c2ccccc2)c1N1CN(c2cc(cc(C(C)(C)C)c2)O3)c2ccccc21. The summed E-state index contributed by atoms with van der Waals surface area (Å²) in [6.07, 6.45) is 0. The van der Waals surface area contributed by atoms with Crippen LogP contribution in [0.2, 0.25) is 0 Å². The van der Waals surface area contributed by atoms with E-state index in [4.69, 9.17) is 12.5 Å². The lowest BCUT2D eigenvalue weighted by Gasteiger charge is -2.29. The Morgan fingerprint density at radius 1 is 0.493 bits per heavy atom. The second-order valence-corrected chi connectivity index (χ2v) is 19.8. The molecule has 10 bridgehead atoms. The number of pyridine rings is 1. The zero-order valence-corrected chi connectivity index (χ0v) is 38.6. The molecule has 8 aromatic carbocycles. The first kappa shape index (κ1) is 36.3. The van der Waals surface area contributed by atoms with Crippen molar-refractivity contribution in [2.45, 2.75) is 52.4 Å². The number of nitrogens with zero attached hydrogens (tertiary/aromatic N) is 4. The standard InChI is InChI=1S/C62H52N4O/c1-61(2,3)43-33-45-37-47(34-43)67-46-30-31-52-51-24-12-13-27-55(51)66(58(52)38-46)59-36-44(62(4,5)6)35-54(63-59)42-21-16-20-41(32-42)48-22-10-11-23-50(48)53-26-17-25-49(40-18-8-7-9-19-40)60(53)65-39-64(45)56-28-14-15-29-57(56)65/h7-38H,39H2,1-6H3/i12D,13D,24D,27D. The lowest BCUT2D eigenvalue weighted by molar-refractivity contribution is 0.479. The smallest absolute Gasteiger partial charge is 0.138 e. The zero-order valence-electron chi connectivity index (χ0n) is 42.6. The Kier molecular flexibility index (Phi) is 8.33. The van der Waals surface area contributed by atoms with Crippen LogP contribution in [-0.4, -0.2) is 16.2 Å². The van der Waals surface area contributed by atoms with E-state index in [0.717, 1.165) is 78.5 Å². The van der Waals surface area contributed by atoms with Gasteiger partial charge in [0.2, 0.25) is 0 Å². The summed E-state index contributed by atoms with van der Waals surface area (Å²) < 4.78 is 45.3. The molecule has 0 aliphatic carbocycles. The molecule has 2 aromatic heterocycles. The van der Waals surface area contributed by atoms with E-state index in [0.29, 0.717) is 45.8 Å². The minimum Gasteiger partial charge on any atom is -0.457 e. The Bertz CT molecular complexity index is 3810. The molecule has 2 aliphatic heterocycles. The minimum atomic E-state index is -0.311. The molecular formula is C62H52N4O. The molecule has 0 fully saturated rings. The van der Waals surface area contributed by atoms with E-state index in [1.807, 2.05) is 22.8 Å². The molecule has 0 atom stereocenters. The molecule has 326 valence electrons. The zero-order chi connectivity index (χ0) is 49.1. The number of hydrogen-bond acceptors (Lipinski definition) is 4. The molecule has 0 saturated carbocycles. The maximum absolute atomic E-state index is 9.42. The lowest BCUT2D eigenvalue weighted by Crippen LogP contribution is -2.25. The minimum absolute atomic E-state index is 0.0988. The average molecular weight is 873 g/mol. The number of benzene rings is 8. The fraction of sp³-hybridized carbons (Fsp3) is 0.145. The second kappa shape index (κ2) is 15.4. The third-order valence-corrected chi connectivity index (χ3v) is 13.4. The molecule has 0 radical (unpaired) electrons. The van der Waals surface area contributed by atoms with Gasteiger partial charge in [-0.1, -0.05) is 163 Å². The summed E-state index contributed by atoms with van der Waals surface area (Å²) in [5.41, 5.74) is 15.1. The first-order valence-corrected chi connectivity index (χ1v) is 23.1. The predicted octanol–water partition coefficient (Wildman–Crippen LogP) is 16.8. The van der Waals surface area contributed by atoms with Crippen LogP contribution in [0.4, 0.5) is 22.7 Å². The summed E-state index contributed by atoms with van der Waals surface area (Å²) in [7, 11) is 0. The van der Waals surface area contributed by atoms with Gasteiger partial charge < -0.3 is 14.5 Å². The van der Waals surface area contributed by atoms with Gasteiger partial charge in [0, 0.05) is 45.3 Å². The Hall–Kier alpha value is -7.89. The quantitative estimate of drug-likeness (QED) is 0.165. The van der Waals surface area contributed by atoms with E-state index in [1.54, 1.807) is 0 Å². The van der Waals surface area contributed by atoms with E-state index in [2.05, 4.69) is 203 Å². The maximum atomic E-state index is 9.42. The molecule has 10 aromatic rings. The summed E-state index contributed by atoms with van der Waals surface area (Å²) in [5, 5.41) is 1.10. The normalized spacial score (nSPS) is 14.1. The van der Waals surface area contributed by atoms with Crippen molar-refractivity contribution in [3.63, 3.8) is 0 Å². The van der Waals surface area contributed by atoms with Crippen molar-refractivity contribution in [2.75, 3.05) is 16.5 Å². The molecule has 0 spiro atoms. The summed E-state index contributed by atoms with van der Waals surface area (Å²) in [6.45, 7) is 13.7. The van der Waals surface area contributed by atoms with Crippen molar-refractivity contribution in [1.82, 2.24) is 9.55 Å². The van der Waals surface area contributed by atoms with Gasteiger partial charge in [-0.3, -0.25) is 4.57 Å². The van der Waals surface area contributed by atoms with E-state index >= 15 is 0 Å². The first-order valence-electron chi connectivity index (χ1n) is 25.1. The molecule has 2 aliphatic rings. The summed E-state index contributed by atoms with van der Waals surface area (Å²) in [4.78, 5) is 10.3. The van der Waals surface area contributed by atoms with Gasteiger partial charge >= 0.3 is 0 Å². The van der Waals surface area contributed by atoms with Gasteiger partial charge in [0.05, 0.1) is 39.3 Å². The third kappa shape index (κ3) is 6.96. The molecule has 5 nitrogen and oxygen atoms in total. The van der Waals surface area contributed by atoms with Crippen LogP contribution >= 0.6 is 0 Å². The second-order valence-electron chi connectivity index (χ2n) is 19.8. The van der Waals surface area contributed by atoms with Crippen LogP contribution in [0.5, 0.6) is 11.5 Å². The van der Waals surface area contributed by atoms with Gasteiger partial charge in [-0.15, -0.1) is 0 Å². The van der Waals surface area contributed by atoms with E-state index < -0.39 is 0 Å². The van der Waals surface area contributed by atoms with Crippen molar-refractivity contribution in [3.8, 4) is 62.0 Å². The molecule has 5 heteroatoms. The molecule has 0 amide bonds. The monoisotopic (exact) mass is 872 g/mol. The molecule has 0 unspecified atom stereocenters. The number of rotatable bonds is 1. The number of fused-ring (bicyclic) bond motifs is 23. The number of anilines is 4. The van der Waals surface area contributed by atoms with Crippen LogP contribution in [0.3, 0.4) is 0 Å². The van der Waals surface area contributed by atoms with Crippen molar-refractivity contribution in [3.05, 3.63) is 205 Å². The van der Waals surface area contributed by atoms with Gasteiger partial charge in [-0.2, -0.15) is 0 Å². The molecular weight excluding hydrogens is 817 g/mol. The topological polar surface area (TPSA) is 33.5 Å². The highest BCUT2D eigenvalue weighted by atomic mass is 16.5.